The second-order valence-electron chi connectivity index (χ2n) is 16.1. The quantitative estimate of drug-likeness (QED) is 0.214. The number of thiophene rings is 1. The number of sulfonamides is 1. The van der Waals surface area contributed by atoms with Crippen molar-refractivity contribution in [1.82, 2.24) is 25.2 Å². The Morgan fingerprint density at radius 2 is 1.86 bits per heavy atom. The van der Waals surface area contributed by atoms with E-state index in [2.05, 4.69) is 15.4 Å². The summed E-state index contributed by atoms with van der Waals surface area (Å²) in [5, 5.41) is 5.91. The molecule has 2 aliphatic carbocycles. The zero-order valence-corrected chi connectivity index (χ0v) is 35.7. The van der Waals surface area contributed by atoms with Gasteiger partial charge in [0.15, 0.2) is 0 Å². The number of ether oxygens (including phenoxy) is 4. The van der Waals surface area contributed by atoms with E-state index in [0.29, 0.717) is 71.9 Å². The van der Waals surface area contributed by atoms with Crippen LogP contribution in [0.2, 0.25) is 0 Å². The van der Waals surface area contributed by atoms with Gasteiger partial charge >= 0.3 is 0 Å². The zero-order chi connectivity index (χ0) is 42.1. The third-order valence-corrected chi connectivity index (χ3v) is 14.2. The van der Waals surface area contributed by atoms with E-state index in [1.165, 1.54) is 16.2 Å². The minimum Gasteiger partial charge on any atom is -0.496 e. The second-order valence-corrected chi connectivity index (χ2v) is 19.3. The van der Waals surface area contributed by atoms with Crippen LogP contribution in [0.4, 0.5) is 0 Å². The number of hydrogen-bond donors (Lipinski definition) is 3. The highest BCUT2D eigenvalue weighted by Gasteiger charge is 2.62. The van der Waals surface area contributed by atoms with Crippen LogP contribution in [-0.4, -0.2) is 97.8 Å². The van der Waals surface area contributed by atoms with Gasteiger partial charge in [-0.25, -0.2) is 13.4 Å². The maximum Gasteiger partial charge on any atom is 0.262 e. The molecule has 318 valence electrons. The molecule has 4 aliphatic rings. The number of carbonyl (C=O) groups is 4. The van der Waals surface area contributed by atoms with Gasteiger partial charge in [-0.05, 0) is 83.6 Å². The maximum atomic E-state index is 14.8. The van der Waals surface area contributed by atoms with E-state index in [4.69, 9.17) is 23.9 Å². The molecule has 4 amide bonds. The molecule has 3 N–H and O–H groups in total. The lowest BCUT2D eigenvalue weighted by atomic mass is 10.0. The van der Waals surface area contributed by atoms with Crippen LogP contribution >= 0.6 is 11.3 Å². The number of carbonyl (C=O) groups excluding carboxylic acids is 4. The van der Waals surface area contributed by atoms with Crippen molar-refractivity contribution >= 4 is 55.9 Å². The third kappa shape index (κ3) is 9.36. The van der Waals surface area contributed by atoms with E-state index >= 15 is 0 Å². The first-order valence-electron chi connectivity index (χ1n) is 20.3. The summed E-state index contributed by atoms with van der Waals surface area (Å²) >= 11 is 1.27. The van der Waals surface area contributed by atoms with Gasteiger partial charge in [-0.3, -0.25) is 23.9 Å². The SMILES string of the molecule is COCc1ccc(C(=O)N[C@H]2CCCCC/C=C\[C@@H]3C[C@@]3(C(=O)NS(=O)(=O)C3CC3)NC(=O)[C@@H]3C[C@@H](Oc4cc(OC(C)C)nc5c(C)c(OC)ccc45)CN3C2=O)s1. The highest BCUT2D eigenvalue weighted by Crippen LogP contribution is 2.46. The van der Waals surface area contributed by atoms with E-state index < -0.39 is 68.5 Å². The van der Waals surface area contributed by atoms with Gasteiger partial charge in [-0.2, -0.15) is 0 Å². The molecular formula is C42H53N5O10S2. The number of hydrogen-bond acceptors (Lipinski definition) is 12. The largest absolute Gasteiger partial charge is 0.496 e. The van der Waals surface area contributed by atoms with Crippen LogP contribution in [0.5, 0.6) is 17.4 Å². The van der Waals surface area contributed by atoms with Crippen LogP contribution in [0.1, 0.15) is 91.7 Å². The third-order valence-electron chi connectivity index (χ3n) is 11.3. The van der Waals surface area contributed by atoms with Crippen molar-refractivity contribution in [2.75, 3.05) is 20.8 Å². The molecule has 3 aromatic rings. The molecule has 1 saturated heterocycles. The summed E-state index contributed by atoms with van der Waals surface area (Å²) in [4.78, 5) is 64.4. The fourth-order valence-corrected chi connectivity index (χ4v) is 10.2. The first kappa shape index (κ1) is 42.4. The van der Waals surface area contributed by atoms with Gasteiger partial charge in [0.25, 0.3) is 11.8 Å². The number of aromatic nitrogens is 1. The Bertz CT molecular complexity index is 2240. The number of allylic oxidation sites excluding steroid dienone is 1. The highest BCUT2D eigenvalue weighted by atomic mass is 32.2. The normalized spacial score (nSPS) is 25.6. The van der Waals surface area contributed by atoms with E-state index in [9.17, 15) is 27.6 Å². The van der Waals surface area contributed by atoms with E-state index in [1.807, 2.05) is 51.1 Å². The molecule has 0 unspecified atom stereocenters. The van der Waals surface area contributed by atoms with Gasteiger partial charge in [0, 0.05) is 41.3 Å². The molecule has 0 radical (unpaired) electrons. The summed E-state index contributed by atoms with van der Waals surface area (Å²) in [6.45, 7) is 5.99. The Morgan fingerprint density at radius 3 is 2.59 bits per heavy atom. The number of nitrogens with zero attached hydrogens (tertiary/aromatic N) is 2. The first-order chi connectivity index (χ1) is 28.2. The molecule has 2 saturated carbocycles. The molecule has 1 aromatic carbocycles. The lowest BCUT2D eigenvalue weighted by Crippen LogP contribution is -2.58. The summed E-state index contributed by atoms with van der Waals surface area (Å²) < 4.78 is 51.6. The van der Waals surface area contributed by atoms with Gasteiger partial charge in [0.1, 0.15) is 35.2 Å². The molecule has 2 aromatic heterocycles. The summed E-state index contributed by atoms with van der Waals surface area (Å²) in [6, 6.07) is 6.75. The maximum absolute atomic E-state index is 14.8. The second kappa shape index (κ2) is 17.5. The molecular weight excluding hydrogens is 799 g/mol. The molecule has 15 nitrogen and oxygen atoms in total. The number of benzene rings is 1. The van der Waals surface area contributed by atoms with Crippen molar-refractivity contribution in [1.29, 1.82) is 0 Å². The molecule has 17 heteroatoms. The lowest BCUT2D eigenvalue weighted by Gasteiger charge is -2.30. The Labute approximate surface area is 348 Å². The van der Waals surface area contributed by atoms with Crippen molar-refractivity contribution in [3.63, 3.8) is 0 Å². The molecule has 4 heterocycles. The topological polar surface area (TPSA) is 192 Å². The van der Waals surface area contributed by atoms with E-state index in [0.717, 1.165) is 23.3 Å². The number of aryl methyl sites for hydroxylation is 1. The smallest absolute Gasteiger partial charge is 0.262 e. The Kier molecular flexibility index (Phi) is 12.5. The zero-order valence-electron chi connectivity index (χ0n) is 34.1. The molecule has 0 bridgehead atoms. The minimum absolute atomic E-state index is 0.0157. The van der Waals surface area contributed by atoms with Crippen LogP contribution in [-0.2, 0) is 35.8 Å². The predicted molar refractivity (Wildman–Crippen MR) is 221 cm³/mol. The first-order valence-corrected chi connectivity index (χ1v) is 22.6. The van der Waals surface area contributed by atoms with Crippen molar-refractivity contribution in [2.45, 2.75) is 120 Å². The number of methoxy groups -OCH3 is 2. The fraction of sp³-hybridized carbons (Fsp3) is 0.548. The van der Waals surface area contributed by atoms with Crippen LogP contribution in [0, 0.1) is 12.8 Å². The number of fused-ring (bicyclic) bond motifs is 3. The van der Waals surface area contributed by atoms with Crippen molar-refractivity contribution in [3.05, 3.63) is 57.8 Å². The predicted octanol–water partition coefficient (Wildman–Crippen LogP) is 4.70. The van der Waals surface area contributed by atoms with Crippen LogP contribution in [0.15, 0.2) is 42.5 Å². The van der Waals surface area contributed by atoms with Crippen molar-refractivity contribution in [3.8, 4) is 17.4 Å². The van der Waals surface area contributed by atoms with Crippen LogP contribution in [0.3, 0.4) is 0 Å². The summed E-state index contributed by atoms with van der Waals surface area (Å²) in [6.07, 6.45) is 7.33. The van der Waals surface area contributed by atoms with E-state index in [-0.39, 0.29) is 25.5 Å². The average Bonchev–Trinajstić information content (AvgIpc) is 4.07. The van der Waals surface area contributed by atoms with E-state index in [1.54, 1.807) is 26.4 Å². The highest BCUT2D eigenvalue weighted by molar-refractivity contribution is 7.91. The standard InChI is InChI=1S/C42H53N5O10S2/c1-24(2)56-36-20-34(30-16-17-33(55-5)25(3)37(30)44-36)57-27-19-32-38(48)45-42(41(51)46-59(52,53)29-14-15-29)21-26(42)11-9-7-6-8-10-12-31(40(50)47(32)22-27)43-39(49)35-18-13-28(58-35)23-54-4/h9,11,13,16-18,20,24,26-27,29,31-32H,6-8,10,12,14-15,19,21-23H2,1-5H3,(H,43,49)(H,45,48)(H,46,51)/b11-9-/t26-,27-,31+,32+,42-/m1/s1. The van der Waals surface area contributed by atoms with Crippen molar-refractivity contribution in [2.24, 2.45) is 5.92 Å². The Balaban J connectivity index is 1.22. The molecule has 7 rings (SSSR count). The molecule has 3 fully saturated rings. The fourth-order valence-electron chi connectivity index (χ4n) is 7.95. The molecule has 2 aliphatic heterocycles. The minimum atomic E-state index is -3.91. The lowest BCUT2D eigenvalue weighted by molar-refractivity contribution is -0.141. The average molecular weight is 852 g/mol. The van der Waals surface area contributed by atoms with Crippen LogP contribution < -0.4 is 29.6 Å². The van der Waals surface area contributed by atoms with Crippen molar-refractivity contribution < 1.29 is 46.5 Å². The summed E-state index contributed by atoms with van der Waals surface area (Å²) in [5.74, 6) is -1.33. The monoisotopic (exact) mass is 851 g/mol. The van der Waals surface area contributed by atoms with Gasteiger partial charge in [-0.1, -0.05) is 25.0 Å². The number of rotatable bonds is 12. The number of pyridine rings is 1. The molecule has 59 heavy (non-hydrogen) atoms. The molecule has 0 spiro atoms. The van der Waals surface area contributed by atoms with Gasteiger partial charge < -0.3 is 34.5 Å². The summed E-state index contributed by atoms with van der Waals surface area (Å²) in [5.41, 5.74) is -0.139. The Hall–Kier alpha value is -4.74. The van der Waals surface area contributed by atoms with Crippen LogP contribution in [0.25, 0.3) is 10.9 Å². The summed E-state index contributed by atoms with van der Waals surface area (Å²) in [7, 11) is -0.755. The van der Waals surface area contributed by atoms with Gasteiger partial charge in [0.2, 0.25) is 27.7 Å². The Morgan fingerprint density at radius 1 is 1.07 bits per heavy atom. The van der Waals surface area contributed by atoms with Gasteiger partial charge in [-0.15, -0.1) is 11.3 Å². The van der Waals surface area contributed by atoms with Gasteiger partial charge in [0.05, 0.1) is 42.0 Å². The number of amides is 4. The molecule has 5 atom stereocenters. The number of nitrogens with one attached hydrogen (secondary N) is 3.